The topological polar surface area (TPSA) is 38.9 Å². The maximum absolute atomic E-state index is 13.1. The van der Waals surface area contributed by atoms with Gasteiger partial charge in [0.25, 0.3) is 0 Å². The second kappa shape index (κ2) is 5.54. The summed E-state index contributed by atoms with van der Waals surface area (Å²) in [5.74, 6) is -1.19. The van der Waals surface area contributed by atoms with Crippen molar-refractivity contribution < 1.29 is 8.78 Å². The zero-order valence-corrected chi connectivity index (χ0v) is 10.8. The van der Waals surface area contributed by atoms with E-state index in [1.54, 1.807) is 5.38 Å². The molecule has 0 radical (unpaired) electrons. The van der Waals surface area contributed by atoms with Crippen LogP contribution in [-0.4, -0.2) is 11.0 Å². The fraction of sp³-hybridized carbons (Fsp3) is 0.308. The maximum atomic E-state index is 13.1. The Hall–Kier alpha value is -1.33. The van der Waals surface area contributed by atoms with E-state index in [0.717, 1.165) is 17.5 Å². The molecule has 2 N–H and O–H groups in total. The minimum Gasteiger partial charge on any atom is -0.327 e. The van der Waals surface area contributed by atoms with Gasteiger partial charge in [-0.15, -0.1) is 11.3 Å². The van der Waals surface area contributed by atoms with Crippen molar-refractivity contribution in [3.63, 3.8) is 0 Å². The molecule has 1 unspecified atom stereocenters. The van der Waals surface area contributed by atoms with Gasteiger partial charge in [0.2, 0.25) is 0 Å². The van der Waals surface area contributed by atoms with Crippen molar-refractivity contribution in [1.82, 2.24) is 4.98 Å². The number of thiazole rings is 1. The molecule has 0 spiro atoms. The third kappa shape index (κ3) is 3.11. The second-order valence-corrected chi connectivity index (χ2v) is 5.10. The van der Waals surface area contributed by atoms with Gasteiger partial charge in [-0.1, -0.05) is 6.92 Å². The van der Waals surface area contributed by atoms with Crippen LogP contribution in [0.15, 0.2) is 23.6 Å². The van der Waals surface area contributed by atoms with Crippen LogP contribution in [0.1, 0.15) is 18.4 Å². The van der Waals surface area contributed by atoms with Crippen LogP contribution in [-0.2, 0) is 6.42 Å². The van der Waals surface area contributed by atoms with E-state index in [4.69, 9.17) is 5.73 Å². The molecular weight excluding hydrogens is 254 g/mol. The van der Waals surface area contributed by atoms with Gasteiger partial charge in [0.05, 0.1) is 10.7 Å². The summed E-state index contributed by atoms with van der Waals surface area (Å²) in [4.78, 5) is 4.36. The number of rotatable bonds is 4. The van der Waals surface area contributed by atoms with E-state index in [1.165, 1.54) is 23.5 Å². The average Bonchev–Trinajstić information content (AvgIpc) is 2.76. The zero-order chi connectivity index (χ0) is 13.1. The van der Waals surface area contributed by atoms with Gasteiger partial charge in [0.15, 0.2) is 0 Å². The third-order valence-corrected chi connectivity index (χ3v) is 3.54. The van der Waals surface area contributed by atoms with E-state index >= 15 is 0 Å². The summed E-state index contributed by atoms with van der Waals surface area (Å²) >= 11 is 1.46. The molecule has 0 aliphatic heterocycles. The number of hydrogen-bond acceptors (Lipinski definition) is 3. The summed E-state index contributed by atoms with van der Waals surface area (Å²) in [6, 6.07) is 3.49. The van der Waals surface area contributed by atoms with Crippen molar-refractivity contribution in [3.8, 4) is 11.3 Å². The Balaban J connectivity index is 2.23. The van der Waals surface area contributed by atoms with Crippen molar-refractivity contribution in [2.45, 2.75) is 25.8 Å². The molecule has 0 saturated carbocycles. The Labute approximate surface area is 108 Å². The predicted molar refractivity (Wildman–Crippen MR) is 69.4 cm³/mol. The molecule has 96 valence electrons. The number of aromatic nitrogens is 1. The molecule has 1 heterocycles. The van der Waals surface area contributed by atoms with Crippen LogP contribution in [0.3, 0.4) is 0 Å². The highest BCUT2D eigenvalue weighted by Crippen LogP contribution is 2.24. The van der Waals surface area contributed by atoms with Crippen LogP contribution in [0.5, 0.6) is 0 Å². The Bertz CT molecular complexity index is 519. The van der Waals surface area contributed by atoms with Gasteiger partial charge in [-0.25, -0.2) is 13.8 Å². The lowest BCUT2D eigenvalue weighted by Crippen LogP contribution is -2.21. The zero-order valence-electron chi connectivity index (χ0n) is 9.99. The Morgan fingerprint density at radius 3 is 2.56 bits per heavy atom. The van der Waals surface area contributed by atoms with Crippen LogP contribution in [0.2, 0.25) is 0 Å². The predicted octanol–water partition coefficient (Wildman–Crippen LogP) is 3.37. The van der Waals surface area contributed by atoms with Crippen LogP contribution >= 0.6 is 11.3 Å². The van der Waals surface area contributed by atoms with Gasteiger partial charge in [0.1, 0.15) is 11.6 Å². The molecule has 0 aliphatic carbocycles. The molecule has 0 fully saturated rings. The molecule has 5 heteroatoms. The monoisotopic (exact) mass is 268 g/mol. The summed E-state index contributed by atoms with van der Waals surface area (Å²) in [6.45, 7) is 2.02. The van der Waals surface area contributed by atoms with Gasteiger partial charge in [-0.2, -0.15) is 0 Å². The van der Waals surface area contributed by atoms with Crippen LogP contribution < -0.4 is 5.73 Å². The minimum absolute atomic E-state index is 0.0771. The van der Waals surface area contributed by atoms with Crippen molar-refractivity contribution in [1.29, 1.82) is 0 Å². The summed E-state index contributed by atoms with van der Waals surface area (Å²) in [7, 11) is 0. The SMILES string of the molecule is CCC(N)Cc1nc(-c2cc(F)cc(F)c2)cs1. The van der Waals surface area contributed by atoms with E-state index in [9.17, 15) is 8.78 Å². The van der Waals surface area contributed by atoms with Crippen molar-refractivity contribution in [2.75, 3.05) is 0 Å². The van der Waals surface area contributed by atoms with E-state index in [1.807, 2.05) is 6.92 Å². The first-order valence-electron chi connectivity index (χ1n) is 5.75. The first kappa shape index (κ1) is 13.1. The van der Waals surface area contributed by atoms with E-state index in [2.05, 4.69) is 4.98 Å². The largest absolute Gasteiger partial charge is 0.327 e. The Morgan fingerprint density at radius 1 is 1.28 bits per heavy atom. The summed E-state index contributed by atoms with van der Waals surface area (Å²) in [5.41, 5.74) is 6.90. The molecule has 1 aromatic heterocycles. The van der Waals surface area contributed by atoms with Crippen LogP contribution in [0, 0.1) is 11.6 Å². The normalized spacial score (nSPS) is 12.7. The quantitative estimate of drug-likeness (QED) is 0.923. The number of nitrogens with zero attached hydrogens (tertiary/aromatic N) is 1. The van der Waals surface area contributed by atoms with Crippen LogP contribution in [0.4, 0.5) is 8.78 Å². The number of hydrogen-bond donors (Lipinski definition) is 1. The first-order chi connectivity index (χ1) is 8.58. The second-order valence-electron chi connectivity index (χ2n) is 4.16. The fourth-order valence-electron chi connectivity index (χ4n) is 1.61. The first-order valence-corrected chi connectivity index (χ1v) is 6.63. The smallest absolute Gasteiger partial charge is 0.126 e. The molecule has 0 aliphatic rings. The summed E-state index contributed by atoms with van der Waals surface area (Å²) < 4.78 is 26.2. The van der Waals surface area contributed by atoms with Gasteiger partial charge in [-0.3, -0.25) is 0 Å². The summed E-state index contributed by atoms with van der Waals surface area (Å²) in [6.07, 6.45) is 1.57. The fourth-order valence-corrected chi connectivity index (χ4v) is 2.51. The molecule has 1 atom stereocenters. The van der Waals surface area contributed by atoms with E-state index in [0.29, 0.717) is 17.7 Å². The van der Waals surface area contributed by atoms with Crippen molar-refractivity contribution in [3.05, 3.63) is 40.2 Å². The number of nitrogens with two attached hydrogens (primary N) is 1. The van der Waals surface area contributed by atoms with Gasteiger partial charge in [-0.05, 0) is 18.6 Å². The molecule has 0 amide bonds. The van der Waals surface area contributed by atoms with Gasteiger partial charge in [0, 0.05) is 29.5 Å². The average molecular weight is 268 g/mol. The lowest BCUT2D eigenvalue weighted by atomic mass is 10.1. The molecular formula is C13H14F2N2S. The maximum Gasteiger partial charge on any atom is 0.126 e. The van der Waals surface area contributed by atoms with Gasteiger partial charge >= 0.3 is 0 Å². The minimum atomic E-state index is -0.593. The Morgan fingerprint density at radius 2 is 1.94 bits per heavy atom. The highest BCUT2D eigenvalue weighted by atomic mass is 32.1. The molecule has 0 saturated heterocycles. The van der Waals surface area contributed by atoms with Gasteiger partial charge < -0.3 is 5.73 Å². The molecule has 0 bridgehead atoms. The van der Waals surface area contributed by atoms with E-state index < -0.39 is 11.6 Å². The highest BCUT2D eigenvalue weighted by molar-refractivity contribution is 7.09. The van der Waals surface area contributed by atoms with Crippen molar-refractivity contribution in [2.24, 2.45) is 5.73 Å². The number of benzene rings is 1. The molecule has 2 aromatic rings. The standard InChI is InChI=1S/C13H14F2N2S/c1-2-11(16)6-13-17-12(7-18-13)8-3-9(14)5-10(15)4-8/h3-5,7,11H,2,6,16H2,1H3. The lowest BCUT2D eigenvalue weighted by Gasteiger charge is -2.04. The Kier molecular flexibility index (Phi) is 4.04. The molecule has 2 rings (SSSR count). The summed E-state index contributed by atoms with van der Waals surface area (Å²) in [5, 5.41) is 2.69. The van der Waals surface area contributed by atoms with E-state index in [-0.39, 0.29) is 6.04 Å². The van der Waals surface area contributed by atoms with Crippen LogP contribution in [0.25, 0.3) is 11.3 Å². The highest BCUT2D eigenvalue weighted by Gasteiger charge is 2.09. The number of halogens is 2. The molecule has 18 heavy (non-hydrogen) atoms. The molecule has 2 nitrogen and oxygen atoms in total. The van der Waals surface area contributed by atoms with Crippen molar-refractivity contribution >= 4 is 11.3 Å². The third-order valence-electron chi connectivity index (χ3n) is 2.67. The lowest BCUT2D eigenvalue weighted by molar-refractivity contribution is 0.584. The molecule has 1 aromatic carbocycles.